The lowest BCUT2D eigenvalue weighted by Crippen LogP contribution is -2.20. The number of aryl methyl sites for hydroxylation is 1. The maximum Gasteiger partial charge on any atom is 0.342 e. The summed E-state index contributed by atoms with van der Waals surface area (Å²) < 4.78 is 10.2. The minimum Gasteiger partial charge on any atom is -0.496 e. The fraction of sp³-hybridized carbons (Fsp3) is 0.211. The molecule has 0 unspecified atom stereocenters. The Balaban J connectivity index is 1.70. The van der Waals surface area contributed by atoms with Gasteiger partial charge in [0, 0.05) is 23.7 Å². The van der Waals surface area contributed by atoms with Crippen LogP contribution in [0.2, 0.25) is 5.02 Å². The Morgan fingerprint density at radius 3 is 2.74 bits per heavy atom. The number of carbonyl (C=O) groups excluding carboxylic acids is 3. The summed E-state index contributed by atoms with van der Waals surface area (Å²) in [6.07, 6.45) is 0.931. The topological polar surface area (TPSA) is 108 Å². The lowest BCUT2D eigenvalue weighted by molar-refractivity contribution is -0.116. The number of methoxy groups -OCH3 is 1. The van der Waals surface area contributed by atoms with E-state index in [0.29, 0.717) is 24.1 Å². The molecule has 1 heterocycles. The Labute approximate surface area is 160 Å². The summed E-state index contributed by atoms with van der Waals surface area (Å²) in [6.45, 7) is -0.435. The third-order valence-corrected chi connectivity index (χ3v) is 4.52. The molecule has 3 N–H and O–H groups in total. The summed E-state index contributed by atoms with van der Waals surface area (Å²) in [7, 11) is 1.39. The number of benzene rings is 2. The van der Waals surface area contributed by atoms with Crippen molar-refractivity contribution in [2.24, 2.45) is 0 Å². The Kier molecular flexibility index (Phi) is 5.32. The molecular formula is C19H17ClN2O5. The van der Waals surface area contributed by atoms with Crippen molar-refractivity contribution < 1.29 is 23.9 Å². The zero-order valence-corrected chi connectivity index (χ0v) is 15.3. The number of ether oxygens (including phenoxy) is 2. The molecule has 0 fully saturated rings. The van der Waals surface area contributed by atoms with Crippen LogP contribution in [0.25, 0.3) is 0 Å². The number of hydrogen-bond acceptors (Lipinski definition) is 6. The van der Waals surface area contributed by atoms with Crippen LogP contribution < -0.4 is 15.8 Å². The van der Waals surface area contributed by atoms with E-state index in [1.807, 2.05) is 0 Å². The Morgan fingerprint density at radius 1 is 1.22 bits per heavy atom. The number of halogens is 1. The summed E-state index contributed by atoms with van der Waals surface area (Å²) in [5.41, 5.74) is 8.00. The predicted molar refractivity (Wildman–Crippen MR) is 100 cm³/mol. The second-order valence-corrected chi connectivity index (χ2v) is 6.40. The van der Waals surface area contributed by atoms with E-state index < -0.39 is 12.6 Å². The predicted octanol–water partition coefficient (Wildman–Crippen LogP) is 2.86. The van der Waals surface area contributed by atoms with E-state index in [1.165, 1.54) is 19.2 Å². The van der Waals surface area contributed by atoms with Gasteiger partial charge in [0.1, 0.15) is 11.3 Å². The van der Waals surface area contributed by atoms with Crippen LogP contribution in [-0.4, -0.2) is 31.4 Å². The standard InChI is InChI=1S/C19H17ClN2O5/c1-26-17-8-14(21)13(20)7-12(17)19(25)27-9-16(23)11-2-4-15-10(6-11)3-5-18(24)22-15/h2,4,6-8H,3,5,9,21H2,1H3,(H,22,24). The van der Waals surface area contributed by atoms with Gasteiger partial charge in [0.25, 0.3) is 0 Å². The number of esters is 1. The second kappa shape index (κ2) is 7.67. The number of ketones is 1. The molecule has 8 heteroatoms. The molecule has 140 valence electrons. The number of nitrogen functional groups attached to an aromatic ring is 1. The highest BCUT2D eigenvalue weighted by atomic mass is 35.5. The normalized spacial score (nSPS) is 12.7. The van der Waals surface area contributed by atoms with Crippen LogP contribution in [0.3, 0.4) is 0 Å². The van der Waals surface area contributed by atoms with Crippen LogP contribution in [0.5, 0.6) is 5.75 Å². The van der Waals surface area contributed by atoms with Gasteiger partial charge in [-0.05, 0) is 36.2 Å². The van der Waals surface area contributed by atoms with Crippen LogP contribution in [-0.2, 0) is 16.0 Å². The zero-order chi connectivity index (χ0) is 19.6. The molecular weight excluding hydrogens is 372 g/mol. The highest BCUT2D eigenvalue weighted by Gasteiger charge is 2.20. The quantitative estimate of drug-likeness (QED) is 0.463. The lowest BCUT2D eigenvalue weighted by atomic mass is 9.99. The summed E-state index contributed by atoms with van der Waals surface area (Å²) >= 11 is 5.94. The van der Waals surface area contributed by atoms with Crippen molar-refractivity contribution in [1.82, 2.24) is 0 Å². The van der Waals surface area contributed by atoms with Crippen LogP contribution in [0.4, 0.5) is 11.4 Å². The number of carbonyl (C=O) groups is 3. The van der Waals surface area contributed by atoms with Crippen LogP contribution in [0.1, 0.15) is 32.7 Å². The first-order valence-corrected chi connectivity index (χ1v) is 8.53. The van der Waals surface area contributed by atoms with Crippen LogP contribution >= 0.6 is 11.6 Å². The van der Waals surface area contributed by atoms with Gasteiger partial charge in [-0.15, -0.1) is 0 Å². The first-order valence-electron chi connectivity index (χ1n) is 8.15. The first-order chi connectivity index (χ1) is 12.9. The number of nitrogens with one attached hydrogen (secondary N) is 1. The monoisotopic (exact) mass is 388 g/mol. The maximum absolute atomic E-state index is 12.4. The molecule has 0 saturated carbocycles. The van der Waals surface area contributed by atoms with Crippen molar-refractivity contribution in [1.29, 1.82) is 0 Å². The van der Waals surface area contributed by atoms with E-state index in [-0.39, 0.29) is 33.7 Å². The number of amides is 1. The van der Waals surface area contributed by atoms with Crippen molar-refractivity contribution >= 4 is 40.6 Å². The minimum absolute atomic E-state index is 0.0494. The first kappa shape index (κ1) is 18.7. The smallest absolute Gasteiger partial charge is 0.342 e. The molecule has 1 amide bonds. The van der Waals surface area contributed by atoms with Gasteiger partial charge in [0.05, 0.1) is 17.8 Å². The zero-order valence-electron chi connectivity index (χ0n) is 14.5. The highest BCUT2D eigenvalue weighted by Crippen LogP contribution is 2.29. The molecule has 0 saturated heterocycles. The molecule has 0 aliphatic carbocycles. The van der Waals surface area contributed by atoms with E-state index in [2.05, 4.69) is 5.32 Å². The third kappa shape index (κ3) is 4.03. The molecule has 1 aliphatic heterocycles. The second-order valence-electron chi connectivity index (χ2n) is 5.99. The molecule has 27 heavy (non-hydrogen) atoms. The molecule has 2 aromatic rings. The molecule has 0 aromatic heterocycles. The Hall–Kier alpha value is -3.06. The van der Waals surface area contributed by atoms with Crippen molar-refractivity contribution in [2.45, 2.75) is 12.8 Å². The molecule has 0 atom stereocenters. The largest absolute Gasteiger partial charge is 0.496 e. The molecule has 0 bridgehead atoms. The van der Waals surface area contributed by atoms with Crippen LogP contribution in [0, 0.1) is 0 Å². The fourth-order valence-corrected chi connectivity index (χ4v) is 2.91. The number of rotatable bonds is 5. The fourth-order valence-electron chi connectivity index (χ4n) is 2.75. The van der Waals surface area contributed by atoms with Gasteiger partial charge >= 0.3 is 5.97 Å². The average Bonchev–Trinajstić information content (AvgIpc) is 2.67. The number of Topliss-reactive ketones (excluding diaryl/α,β-unsaturated/α-hetero) is 1. The molecule has 3 rings (SSSR count). The minimum atomic E-state index is -0.743. The van der Waals surface area contributed by atoms with E-state index in [4.69, 9.17) is 26.8 Å². The molecule has 0 spiro atoms. The van der Waals surface area contributed by atoms with Gasteiger partial charge in [-0.1, -0.05) is 11.6 Å². The number of fused-ring (bicyclic) bond motifs is 1. The number of nitrogens with two attached hydrogens (primary N) is 1. The average molecular weight is 389 g/mol. The van der Waals surface area contributed by atoms with Gasteiger partial charge in [0.15, 0.2) is 12.4 Å². The van der Waals surface area contributed by atoms with E-state index >= 15 is 0 Å². The van der Waals surface area contributed by atoms with Gasteiger partial charge in [-0.25, -0.2) is 4.79 Å². The SMILES string of the molecule is COc1cc(N)c(Cl)cc1C(=O)OCC(=O)c1ccc2c(c1)CCC(=O)N2. The van der Waals surface area contributed by atoms with Crippen molar-refractivity contribution in [3.05, 3.63) is 52.0 Å². The number of anilines is 2. The van der Waals surface area contributed by atoms with E-state index in [0.717, 1.165) is 5.56 Å². The molecule has 2 aromatic carbocycles. The summed E-state index contributed by atoms with van der Waals surface area (Å²) in [5.74, 6) is -0.943. The van der Waals surface area contributed by atoms with E-state index in [9.17, 15) is 14.4 Å². The third-order valence-electron chi connectivity index (χ3n) is 4.20. The van der Waals surface area contributed by atoms with Crippen LogP contribution in [0.15, 0.2) is 30.3 Å². The Morgan fingerprint density at radius 2 is 2.00 bits per heavy atom. The van der Waals surface area contributed by atoms with Gasteiger partial charge in [-0.3, -0.25) is 9.59 Å². The Bertz CT molecular complexity index is 942. The van der Waals surface area contributed by atoms with Gasteiger partial charge < -0.3 is 20.5 Å². The summed E-state index contributed by atoms with van der Waals surface area (Å²) in [5, 5.41) is 2.93. The van der Waals surface area contributed by atoms with Crippen molar-refractivity contribution in [3.8, 4) is 5.75 Å². The summed E-state index contributed by atoms with van der Waals surface area (Å²) in [6, 6.07) is 7.71. The van der Waals surface area contributed by atoms with Crippen molar-refractivity contribution in [3.63, 3.8) is 0 Å². The summed E-state index contributed by atoms with van der Waals surface area (Å²) in [4.78, 5) is 36.0. The van der Waals surface area contributed by atoms with Gasteiger partial charge in [0.2, 0.25) is 5.91 Å². The lowest BCUT2D eigenvalue weighted by Gasteiger charge is -2.17. The van der Waals surface area contributed by atoms with Gasteiger partial charge in [-0.2, -0.15) is 0 Å². The molecule has 7 nitrogen and oxygen atoms in total. The molecule has 0 radical (unpaired) electrons. The van der Waals surface area contributed by atoms with E-state index in [1.54, 1.807) is 18.2 Å². The highest BCUT2D eigenvalue weighted by molar-refractivity contribution is 6.33. The molecule has 1 aliphatic rings. The maximum atomic E-state index is 12.4. The van der Waals surface area contributed by atoms with Crippen molar-refractivity contribution in [2.75, 3.05) is 24.8 Å². The number of hydrogen-bond donors (Lipinski definition) is 2.